The van der Waals surface area contributed by atoms with Gasteiger partial charge in [-0.25, -0.2) is 13.2 Å². The molecule has 2 rings (SSSR count). The maximum atomic E-state index is 14.1. The van der Waals surface area contributed by atoms with E-state index in [-0.39, 0.29) is 5.56 Å². The Hall–Kier alpha value is -1.33. The van der Waals surface area contributed by atoms with E-state index in [2.05, 4.69) is 5.32 Å². The zero-order valence-electron chi connectivity index (χ0n) is 12.3. The summed E-state index contributed by atoms with van der Waals surface area (Å²) in [4.78, 5) is 1.94. The first kappa shape index (κ1) is 16.0. The average Bonchev–Trinajstić information content (AvgIpc) is 2.72. The summed E-state index contributed by atoms with van der Waals surface area (Å²) >= 11 is 1.50. The van der Waals surface area contributed by atoms with Gasteiger partial charge in [-0.15, -0.1) is 11.3 Å². The fourth-order valence-electron chi connectivity index (χ4n) is 2.21. The quantitative estimate of drug-likeness (QED) is 0.830. The molecule has 1 aromatic carbocycles. The van der Waals surface area contributed by atoms with Crippen LogP contribution in [0.2, 0.25) is 0 Å². The van der Waals surface area contributed by atoms with Gasteiger partial charge in [-0.2, -0.15) is 0 Å². The number of aryl methyl sites for hydroxylation is 2. The lowest BCUT2D eigenvalue weighted by atomic mass is 10.0. The first-order chi connectivity index (χ1) is 9.93. The number of rotatable bonds is 5. The minimum atomic E-state index is -0.901. The summed E-state index contributed by atoms with van der Waals surface area (Å²) in [5, 5.41) is 3.15. The van der Waals surface area contributed by atoms with Gasteiger partial charge in [-0.05, 0) is 38.4 Å². The smallest absolute Gasteiger partial charge is 0.134 e. The van der Waals surface area contributed by atoms with Gasteiger partial charge in [0, 0.05) is 27.5 Å². The van der Waals surface area contributed by atoms with Gasteiger partial charge in [-0.3, -0.25) is 0 Å². The topological polar surface area (TPSA) is 12.0 Å². The van der Waals surface area contributed by atoms with E-state index in [0.29, 0.717) is 6.54 Å². The second-order valence-electron chi connectivity index (χ2n) is 5.06. The Morgan fingerprint density at radius 2 is 1.71 bits per heavy atom. The molecular formula is C16H18F3NS. The predicted molar refractivity (Wildman–Crippen MR) is 80.2 cm³/mol. The van der Waals surface area contributed by atoms with E-state index in [1.807, 2.05) is 26.8 Å². The normalized spacial score (nSPS) is 12.7. The summed E-state index contributed by atoms with van der Waals surface area (Å²) in [5.41, 5.74) is 0.965. The van der Waals surface area contributed by atoms with Gasteiger partial charge >= 0.3 is 0 Å². The van der Waals surface area contributed by atoms with Crippen LogP contribution in [0.15, 0.2) is 18.2 Å². The Labute approximate surface area is 126 Å². The van der Waals surface area contributed by atoms with Gasteiger partial charge in [0.25, 0.3) is 0 Å². The molecule has 0 aliphatic heterocycles. The van der Waals surface area contributed by atoms with E-state index in [0.717, 1.165) is 33.9 Å². The molecule has 0 amide bonds. The number of benzene rings is 1. The lowest BCUT2D eigenvalue weighted by Gasteiger charge is -2.19. The summed E-state index contributed by atoms with van der Waals surface area (Å²) in [6.07, 6.45) is 0.838. The largest absolute Gasteiger partial charge is 0.305 e. The van der Waals surface area contributed by atoms with Crippen LogP contribution in [0.5, 0.6) is 0 Å². The lowest BCUT2D eigenvalue weighted by Crippen LogP contribution is -2.24. The Morgan fingerprint density at radius 1 is 1.10 bits per heavy atom. The standard InChI is InChI=1S/C16H18F3NS/c1-4-5-20-16(14-6-9(2)10(3)21-14)15-12(18)7-11(17)8-13(15)19/h6-8,16,20H,4-5H2,1-3H3. The summed E-state index contributed by atoms with van der Waals surface area (Å²) in [6.45, 7) is 6.53. The molecule has 1 nitrogen and oxygen atoms in total. The number of hydrogen-bond acceptors (Lipinski definition) is 2. The van der Waals surface area contributed by atoms with Crippen molar-refractivity contribution >= 4 is 11.3 Å². The molecule has 1 unspecified atom stereocenters. The molecular weight excluding hydrogens is 295 g/mol. The molecule has 0 saturated carbocycles. The van der Waals surface area contributed by atoms with Crippen molar-refractivity contribution in [3.8, 4) is 0 Å². The van der Waals surface area contributed by atoms with Crippen molar-refractivity contribution in [1.82, 2.24) is 5.32 Å². The highest BCUT2D eigenvalue weighted by atomic mass is 32.1. The third-order valence-corrected chi connectivity index (χ3v) is 4.62. The molecule has 0 aliphatic carbocycles. The van der Waals surface area contributed by atoms with Gasteiger partial charge < -0.3 is 5.32 Å². The van der Waals surface area contributed by atoms with Crippen molar-refractivity contribution in [3.63, 3.8) is 0 Å². The zero-order valence-corrected chi connectivity index (χ0v) is 13.1. The van der Waals surface area contributed by atoms with Crippen LogP contribution in [-0.4, -0.2) is 6.54 Å². The van der Waals surface area contributed by atoms with Gasteiger partial charge in [0.1, 0.15) is 17.5 Å². The van der Waals surface area contributed by atoms with Crippen LogP contribution in [0.4, 0.5) is 13.2 Å². The molecule has 0 radical (unpaired) electrons. The molecule has 21 heavy (non-hydrogen) atoms. The Bertz CT molecular complexity index is 594. The minimum Gasteiger partial charge on any atom is -0.305 e. The van der Waals surface area contributed by atoms with Crippen LogP contribution in [0.25, 0.3) is 0 Å². The van der Waals surface area contributed by atoms with Crippen molar-refractivity contribution in [2.45, 2.75) is 33.2 Å². The molecule has 0 aliphatic rings. The zero-order chi connectivity index (χ0) is 15.6. The highest BCUT2D eigenvalue weighted by Crippen LogP contribution is 2.33. The molecule has 1 heterocycles. The minimum absolute atomic E-state index is 0.119. The highest BCUT2D eigenvalue weighted by molar-refractivity contribution is 7.12. The third-order valence-electron chi connectivity index (χ3n) is 3.40. The van der Waals surface area contributed by atoms with Crippen molar-refractivity contribution < 1.29 is 13.2 Å². The van der Waals surface area contributed by atoms with Crippen molar-refractivity contribution in [2.75, 3.05) is 6.54 Å². The second-order valence-corrected chi connectivity index (χ2v) is 6.35. The van der Waals surface area contributed by atoms with Crippen LogP contribution in [0.1, 0.15) is 40.3 Å². The van der Waals surface area contributed by atoms with Crippen LogP contribution >= 0.6 is 11.3 Å². The van der Waals surface area contributed by atoms with E-state index in [1.54, 1.807) is 0 Å². The fourth-order valence-corrected chi connectivity index (χ4v) is 3.33. The molecule has 0 bridgehead atoms. The number of hydrogen-bond donors (Lipinski definition) is 1. The van der Waals surface area contributed by atoms with Crippen molar-refractivity contribution in [3.05, 3.63) is 56.5 Å². The molecule has 114 valence electrons. The third kappa shape index (κ3) is 3.47. The Kier molecular flexibility index (Phi) is 5.06. The Balaban J connectivity index is 2.50. The molecule has 1 atom stereocenters. The summed E-state index contributed by atoms with van der Waals surface area (Å²) in [7, 11) is 0. The van der Waals surface area contributed by atoms with E-state index in [9.17, 15) is 13.2 Å². The maximum absolute atomic E-state index is 14.1. The van der Waals surface area contributed by atoms with Crippen molar-refractivity contribution in [2.24, 2.45) is 0 Å². The molecule has 0 fully saturated rings. The number of thiophene rings is 1. The molecule has 0 spiro atoms. The summed E-state index contributed by atoms with van der Waals surface area (Å²) in [5.74, 6) is -2.61. The van der Waals surface area contributed by atoms with Crippen LogP contribution < -0.4 is 5.32 Å². The Morgan fingerprint density at radius 3 is 2.19 bits per heavy atom. The van der Waals surface area contributed by atoms with Gasteiger partial charge in [0.05, 0.1) is 6.04 Å². The maximum Gasteiger partial charge on any atom is 0.134 e. The van der Waals surface area contributed by atoms with Crippen LogP contribution in [0.3, 0.4) is 0 Å². The first-order valence-electron chi connectivity index (χ1n) is 6.88. The second kappa shape index (κ2) is 6.62. The van der Waals surface area contributed by atoms with Crippen molar-refractivity contribution in [1.29, 1.82) is 0 Å². The van der Waals surface area contributed by atoms with Gasteiger partial charge in [-0.1, -0.05) is 6.92 Å². The molecule has 2 aromatic rings. The van der Waals surface area contributed by atoms with E-state index in [4.69, 9.17) is 0 Å². The molecule has 0 saturated heterocycles. The average molecular weight is 313 g/mol. The molecule has 5 heteroatoms. The predicted octanol–water partition coefficient (Wildman–Crippen LogP) is 4.87. The number of halogens is 3. The number of nitrogens with one attached hydrogen (secondary N) is 1. The first-order valence-corrected chi connectivity index (χ1v) is 7.70. The van der Waals surface area contributed by atoms with E-state index in [1.165, 1.54) is 11.3 Å². The summed E-state index contributed by atoms with van der Waals surface area (Å²) < 4.78 is 41.2. The lowest BCUT2D eigenvalue weighted by molar-refractivity contribution is 0.489. The summed E-state index contributed by atoms with van der Waals surface area (Å²) in [6, 6.07) is 2.79. The molecule has 1 aromatic heterocycles. The SMILES string of the molecule is CCCNC(c1cc(C)c(C)s1)c1c(F)cc(F)cc1F. The van der Waals surface area contributed by atoms with Gasteiger partial charge in [0.2, 0.25) is 0 Å². The van der Waals surface area contributed by atoms with Crippen LogP contribution in [0, 0.1) is 31.3 Å². The monoisotopic (exact) mass is 313 g/mol. The fraction of sp³-hybridized carbons (Fsp3) is 0.375. The van der Waals surface area contributed by atoms with E-state index < -0.39 is 23.5 Å². The molecule has 1 N–H and O–H groups in total. The van der Waals surface area contributed by atoms with Gasteiger partial charge in [0.15, 0.2) is 0 Å². The van der Waals surface area contributed by atoms with E-state index >= 15 is 0 Å². The highest BCUT2D eigenvalue weighted by Gasteiger charge is 2.24. The van der Waals surface area contributed by atoms with Crippen LogP contribution in [-0.2, 0) is 0 Å².